The molecule has 0 spiro atoms. The van der Waals surface area contributed by atoms with Gasteiger partial charge in [-0.1, -0.05) is 55.9 Å². The minimum atomic E-state index is -0.550. The molecule has 0 rings (SSSR count). The van der Waals surface area contributed by atoms with Crippen LogP contribution in [0.25, 0.3) is 0 Å². The van der Waals surface area contributed by atoms with E-state index in [1.165, 1.54) is 26.9 Å². The number of unbranched alkanes of at least 4 members (excludes halogenated alkanes) is 7. The van der Waals surface area contributed by atoms with Crippen molar-refractivity contribution in [1.82, 2.24) is 0 Å². The van der Waals surface area contributed by atoms with Crippen LogP contribution in [0, 0.1) is 0 Å². The van der Waals surface area contributed by atoms with Crippen molar-refractivity contribution in [1.29, 1.82) is 0 Å². The fourth-order valence-electron chi connectivity index (χ4n) is 5.11. The van der Waals surface area contributed by atoms with E-state index < -0.39 is 23.9 Å². The topological polar surface area (TPSA) is 141 Å². The average Bonchev–Trinajstić information content (AvgIpc) is 3.15. The minimum absolute atomic E-state index is 0.00261. The van der Waals surface area contributed by atoms with Crippen molar-refractivity contribution in [2.24, 2.45) is 0 Å². The lowest BCUT2D eigenvalue weighted by atomic mass is 10.1. The molecule has 0 fully saturated rings. The Morgan fingerprint density at radius 1 is 0.500 bits per heavy atom. The zero-order valence-corrected chi connectivity index (χ0v) is 33.2. The van der Waals surface area contributed by atoms with Crippen molar-refractivity contribution in [2.75, 3.05) is 33.5 Å². The Bertz CT molecular complexity index is 1140. The molecule has 0 aromatic heterocycles. The molecule has 0 saturated carbocycles. The van der Waals surface area contributed by atoms with E-state index in [9.17, 15) is 24.0 Å². The Morgan fingerprint density at radius 3 is 1.43 bits per heavy atom. The van der Waals surface area contributed by atoms with Gasteiger partial charge in [0, 0.05) is 12.7 Å². The number of methoxy groups -OCH3 is 1. The lowest BCUT2D eigenvalue weighted by molar-refractivity contribution is -0.155. The van der Waals surface area contributed by atoms with Gasteiger partial charge in [0.25, 0.3) is 0 Å². The first-order chi connectivity index (χ1) is 26.1. The van der Waals surface area contributed by atoms with E-state index in [-0.39, 0.29) is 69.3 Å². The summed E-state index contributed by atoms with van der Waals surface area (Å²) in [6.07, 6.45) is 26.7. The van der Waals surface area contributed by atoms with Gasteiger partial charge in [-0.25, -0.2) is 4.79 Å². The smallest absolute Gasteiger partial charge is 0.333 e. The third-order valence-corrected chi connectivity index (χ3v) is 8.15. The van der Waals surface area contributed by atoms with Gasteiger partial charge in [0.15, 0.2) is 0 Å². The van der Waals surface area contributed by atoms with Crippen molar-refractivity contribution < 1.29 is 52.4 Å². The molecule has 0 heterocycles. The lowest BCUT2D eigenvalue weighted by Crippen LogP contribution is -2.20. The van der Waals surface area contributed by atoms with E-state index in [0.717, 1.165) is 83.5 Å². The number of rotatable bonds is 36. The van der Waals surface area contributed by atoms with Crippen molar-refractivity contribution in [3.05, 3.63) is 61.8 Å². The average molecular weight is 761 g/mol. The Balaban J connectivity index is 4.13. The molecule has 2 atom stereocenters. The van der Waals surface area contributed by atoms with Gasteiger partial charge in [0.1, 0.15) is 32.0 Å². The van der Waals surface area contributed by atoms with Gasteiger partial charge in [0.2, 0.25) is 0 Å². The molecule has 0 aromatic carbocycles. The first-order valence-electron chi connectivity index (χ1n) is 19.7. The van der Waals surface area contributed by atoms with E-state index in [1.807, 2.05) is 6.08 Å². The maximum absolute atomic E-state index is 12.3. The third kappa shape index (κ3) is 32.6. The maximum Gasteiger partial charge on any atom is 0.333 e. The molecule has 11 nitrogen and oxygen atoms in total. The number of hydrogen-bond acceptors (Lipinski definition) is 11. The molecular weight excluding hydrogens is 692 g/mol. The standard InChI is InChI=1S/C43H68O11/c1-6-8-21-25-38(54-42(47)30-28-39(44)50-33-32-49-5)27-23-20-18-16-14-12-10-11-13-15-17-19-22-26-37(24-9-7-2)53-41(46)31-29-40(45)51-34-35-52-43(48)36(3)4/h6-7,15,17-18,20,37-38H,1-3,8-14,16,19,21-35H2,4-5H3. The number of ether oxygens (including phenoxy) is 6. The molecule has 0 aliphatic heterocycles. The summed E-state index contributed by atoms with van der Waals surface area (Å²) in [4.78, 5) is 59.6. The number of hydrogen-bond donors (Lipinski definition) is 0. The Hall–Kier alpha value is -3.99. The van der Waals surface area contributed by atoms with Gasteiger partial charge < -0.3 is 28.4 Å². The molecule has 2 unspecified atom stereocenters. The summed E-state index contributed by atoms with van der Waals surface area (Å²) in [6.45, 7) is 12.9. The molecule has 0 radical (unpaired) electrons. The quantitative estimate of drug-likeness (QED) is 0.0199. The van der Waals surface area contributed by atoms with E-state index in [4.69, 9.17) is 28.4 Å². The van der Waals surface area contributed by atoms with Crippen LogP contribution in [-0.4, -0.2) is 75.6 Å². The van der Waals surface area contributed by atoms with Gasteiger partial charge in [0.05, 0.1) is 32.3 Å². The second kappa shape index (κ2) is 36.0. The zero-order chi connectivity index (χ0) is 40.1. The van der Waals surface area contributed by atoms with Crippen molar-refractivity contribution >= 4 is 29.8 Å². The SMILES string of the molecule is C=CCCCC(CCC=CCCCCCCC=CCCCC(CCC=C)OC(=O)CCC(=O)OCCOC(=O)C(=C)C)OC(=O)CCC(=O)OCCOC. The van der Waals surface area contributed by atoms with Gasteiger partial charge in [-0.2, -0.15) is 0 Å². The molecule has 0 saturated heterocycles. The van der Waals surface area contributed by atoms with Gasteiger partial charge in [-0.3, -0.25) is 19.2 Å². The molecule has 0 N–H and O–H groups in total. The highest BCUT2D eigenvalue weighted by Gasteiger charge is 2.17. The predicted molar refractivity (Wildman–Crippen MR) is 210 cm³/mol. The molecular formula is C43H68O11. The summed E-state index contributed by atoms with van der Waals surface area (Å²) in [6, 6.07) is 0. The summed E-state index contributed by atoms with van der Waals surface area (Å²) in [7, 11) is 1.53. The first-order valence-corrected chi connectivity index (χ1v) is 19.7. The summed E-state index contributed by atoms with van der Waals surface area (Å²) in [5.74, 6) is -2.33. The fourth-order valence-corrected chi connectivity index (χ4v) is 5.11. The monoisotopic (exact) mass is 760 g/mol. The fraction of sp³-hybridized carbons (Fsp3) is 0.651. The summed E-state index contributed by atoms with van der Waals surface area (Å²) >= 11 is 0. The Morgan fingerprint density at radius 2 is 0.926 bits per heavy atom. The summed E-state index contributed by atoms with van der Waals surface area (Å²) in [5, 5.41) is 0. The highest BCUT2D eigenvalue weighted by molar-refractivity contribution is 5.86. The number of esters is 5. The molecule has 0 amide bonds. The van der Waals surface area contributed by atoms with Crippen LogP contribution in [0.5, 0.6) is 0 Å². The summed E-state index contributed by atoms with van der Waals surface area (Å²) < 4.78 is 31.0. The van der Waals surface area contributed by atoms with E-state index in [1.54, 1.807) is 6.08 Å². The molecule has 0 aliphatic carbocycles. The van der Waals surface area contributed by atoms with Crippen LogP contribution in [0.15, 0.2) is 61.8 Å². The van der Waals surface area contributed by atoms with Gasteiger partial charge in [-0.05, 0) is 96.8 Å². The normalized spacial score (nSPS) is 12.2. The molecule has 306 valence electrons. The minimum Gasteiger partial charge on any atom is -0.463 e. The predicted octanol–water partition coefficient (Wildman–Crippen LogP) is 8.95. The van der Waals surface area contributed by atoms with Crippen LogP contribution in [0.4, 0.5) is 0 Å². The van der Waals surface area contributed by atoms with E-state index in [0.29, 0.717) is 13.0 Å². The van der Waals surface area contributed by atoms with Crippen LogP contribution in [0.2, 0.25) is 0 Å². The van der Waals surface area contributed by atoms with Gasteiger partial charge >= 0.3 is 29.8 Å². The van der Waals surface area contributed by atoms with Crippen LogP contribution in [0.3, 0.4) is 0 Å². The summed E-state index contributed by atoms with van der Waals surface area (Å²) in [5.41, 5.74) is 0.266. The molecule has 0 aliphatic rings. The van der Waals surface area contributed by atoms with Crippen molar-refractivity contribution in [2.45, 2.75) is 148 Å². The van der Waals surface area contributed by atoms with E-state index in [2.05, 4.69) is 44.0 Å². The van der Waals surface area contributed by atoms with Crippen LogP contribution in [0.1, 0.15) is 135 Å². The number of carbonyl (C=O) groups excluding carboxylic acids is 5. The number of carbonyl (C=O) groups is 5. The molecule has 0 bridgehead atoms. The van der Waals surface area contributed by atoms with Crippen LogP contribution in [-0.2, 0) is 52.4 Å². The van der Waals surface area contributed by atoms with Crippen LogP contribution < -0.4 is 0 Å². The number of allylic oxidation sites excluding steroid dienone is 6. The first kappa shape index (κ1) is 50.0. The van der Waals surface area contributed by atoms with Crippen LogP contribution >= 0.6 is 0 Å². The maximum atomic E-state index is 12.3. The second-order valence-electron chi connectivity index (χ2n) is 13.1. The largest absolute Gasteiger partial charge is 0.463 e. The second-order valence-corrected chi connectivity index (χ2v) is 13.1. The highest BCUT2D eigenvalue weighted by atomic mass is 16.6. The lowest BCUT2D eigenvalue weighted by Gasteiger charge is -2.17. The van der Waals surface area contributed by atoms with E-state index >= 15 is 0 Å². The van der Waals surface area contributed by atoms with Crippen molar-refractivity contribution in [3.8, 4) is 0 Å². The zero-order valence-electron chi connectivity index (χ0n) is 33.2. The molecule has 54 heavy (non-hydrogen) atoms. The molecule has 11 heteroatoms. The van der Waals surface area contributed by atoms with Gasteiger partial charge in [-0.15, -0.1) is 13.2 Å². The Labute approximate surface area is 324 Å². The molecule has 0 aromatic rings. The third-order valence-electron chi connectivity index (χ3n) is 8.15. The van der Waals surface area contributed by atoms with Crippen molar-refractivity contribution in [3.63, 3.8) is 0 Å². The Kier molecular flexibility index (Phi) is 33.3. The highest BCUT2D eigenvalue weighted by Crippen LogP contribution is 2.16.